The molecule has 3 nitrogen and oxygen atoms in total. The monoisotopic (exact) mass is 297 g/mol. The van der Waals surface area contributed by atoms with Gasteiger partial charge in [-0.25, -0.2) is 0 Å². The number of benzene rings is 1. The number of hydrogen-bond acceptors (Lipinski definition) is 3. The summed E-state index contributed by atoms with van der Waals surface area (Å²) in [7, 11) is 0. The molecule has 0 fully saturated rings. The SMILES string of the molecule is CC(C)(C)NCCCCc1cc2c(cc1Cl)OCCO2. The fourth-order valence-corrected chi connectivity index (χ4v) is 2.45. The third kappa shape index (κ3) is 4.57. The molecule has 4 heteroatoms. The molecule has 1 aromatic carbocycles. The molecule has 0 unspecified atom stereocenters. The summed E-state index contributed by atoms with van der Waals surface area (Å²) in [4.78, 5) is 0. The van der Waals surface area contributed by atoms with E-state index in [2.05, 4.69) is 26.1 Å². The minimum absolute atomic E-state index is 0.189. The highest BCUT2D eigenvalue weighted by atomic mass is 35.5. The number of halogens is 1. The fraction of sp³-hybridized carbons (Fsp3) is 0.625. The van der Waals surface area contributed by atoms with Crippen molar-refractivity contribution in [1.82, 2.24) is 5.32 Å². The molecule has 1 heterocycles. The van der Waals surface area contributed by atoms with E-state index in [1.807, 2.05) is 12.1 Å². The van der Waals surface area contributed by atoms with Crippen LogP contribution in [-0.2, 0) is 6.42 Å². The Morgan fingerprint density at radius 2 is 1.75 bits per heavy atom. The van der Waals surface area contributed by atoms with Crippen LogP contribution in [0.4, 0.5) is 0 Å². The lowest BCUT2D eigenvalue weighted by Gasteiger charge is -2.21. The molecule has 0 atom stereocenters. The smallest absolute Gasteiger partial charge is 0.162 e. The first-order chi connectivity index (χ1) is 9.46. The Hall–Kier alpha value is -0.930. The van der Waals surface area contributed by atoms with Crippen molar-refractivity contribution in [2.45, 2.75) is 45.6 Å². The van der Waals surface area contributed by atoms with E-state index < -0.39 is 0 Å². The predicted octanol–water partition coefficient (Wildman–Crippen LogP) is 3.82. The summed E-state index contributed by atoms with van der Waals surface area (Å²) >= 11 is 6.30. The van der Waals surface area contributed by atoms with Gasteiger partial charge in [-0.05, 0) is 58.2 Å². The molecule has 1 aliphatic heterocycles. The van der Waals surface area contributed by atoms with E-state index in [4.69, 9.17) is 21.1 Å². The van der Waals surface area contributed by atoms with Crippen LogP contribution in [0.25, 0.3) is 0 Å². The first-order valence-corrected chi connectivity index (χ1v) is 7.66. The maximum atomic E-state index is 6.30. The van der Waals surface area contributed by atoms with Crippen molar-refractivity contribution < 1.29 is 9.47 Å². The predicted molar refractivity (Wildman–Crippen MR) is 83.1 cm³/mol. The zero-order valence-corrected chi connectivity index (χ0v) is 13.3. The Morgan fingerprint density at radius 1 is 1.10 bits per heavy atom. The third-order valence-electron chi connectivity index (χ3n) is 3.24. The van der Waals surface area contributed by atoms with Crippen molar-refractivity contribution in [3.8, 4) is 11.5 Å². The summed E-state index contributed by atoms with van der Waals surface area (Å²) in [5.41, 5.74) is 1.33. The molecule has 0 aromatic heterocycles. The van der Waals surface area contributed by atoms with Crippen molar-refractivity contribution in [3.63, 3.8) is 0 Å². The van der Waals surface area contributed by atoms with Crippen molar-refractivity contribution in [1.29, 1.82) is 0 Å². The number of ether oxygens (including phenoxy) is 2. The molecular weight excluding hydrogens is 274 g/mol. The van der Waals surface area contributed by atoms with Crippen LogP contribution < -0.4 is 14.8 Å². The van der Waals surface area contributed by atoms with Crippen molar-refractivity contribution in [2.24, 2.45) is 0 Å². The topological polar surface area (TPSA) is 30.5 Å². The number of hydrogen-bond donors (Lipinski definition) is 1. The molecule has 0 radical (unpaired) electrons. The summed E-state index contributed by atoms with van der Waals surface area (Å²) in [5, 5.41) is 4.27. The van der Waals surface area contributed by atoms with Crippen molar-refractivity contribution in [2.75, 3.05) is 19.8 Å². The molecule has 1 aliphatic rings. The lowest BCUT2D eigenvalue weighted by atomic mass is 10.1. The Balaban J connectivity index is 1.84. The van der Waals surface area contributed by atoms with E-state index in [0.717, 1.165) is 47.9 Å². The summed E-state index contributed by atoms with van der Waals surface area (Å²) in [6.07, 6.45) is 3.23. The second-order valence-corrected chi connectivity index (χ2v) is 6.63. The zero-order valence-electron chi connectivity index (χ0n) is 12.6. The second-order valence-electron chi connectivity index (χ2n) is 6.22. The molecule has 0 saturated carbocycles. The molecule has 2 rings (SSSR count). The minimum Gasteiger partial charge on any atom is -0.486 e. The second kappa shape index (κ2) is 6.68. The molecule has 0 amide bonds. The number of rotatable bonds is 5. The molecule has 0 saturated heterocycles. The maximum Gasteiger partial charge on any atom is 0.162 e. The van der Waals surface area contributed by atoms with Gasteiger partial charge in [0, 0.05) is 16.6 Å². The van der Waals surface area contributed by atoms with Gasteiger partial charge in [-0.2, -0.15) is 0 Å². The summed E-state index contributed by atoms with van der Waals surface area (Å²) < 4.78 is 11.1. The molecule has 20 heavy (non-hydrogen) atoms. The highest BCUT2D eigenvalue weighted by Crippen LogP contribution is 2.35. The van der Waals surface area contributed by atoms with Gasteiger partial charge >= 0.3 is 0 Å². The van der Waals surface area contributed by atoms with Crippen molar-refractivity contribution in [3.05, 3.63) is 22.7 Å². The molecular formula is C16H24ClNO2. The van der Waals surface area contributed by atoms with Gasteiger partial charge in [0.2, 0.25) is 0 Å². The van der Waals surface area contributed by atoms with E-state index in [9.17, 15) is 0 Å². The summed E-state index contributed by atoms with van der Waals surface area (Å²) in [6, 6.07) is 3.90. The maximum absolute atomic E-state index is 6.30. The van der Waals surface area contributed by atoms with Crippen LogP contribution in [0.1, 0.15) is 39.2 Å². The lowest BCUT2D eigenvalue weighted by molar-refractivity contribution is 0.171. The Morgan fingerprint density at radius 3 is 2.40 bits per heavy atom. The average molecular weight is 298 g/mol. The van der Waals surface area contributed by atoms with Gasteiger partial charge in [-0.1, -0.05) is 11.6 Å². The molecule has 1 N–H and O–H groups in total. The largest absolute Gasteiger partial charge is 0.486 e. The molecule has 0 bridgehead atoms. The van der Waals surface area contributed by atoms with E-state index in [0.29, 0.717) is 13.2 Å². The number of fused-ring (bicyclic) bond motifs is 1. The van der Waals surface area contributed by atoms with Gasteiger partial charge in [0.1, 0.15) is 13.2 Å². The van der Waals surface area contributed by atoms with Gasteiger partial charge in [0.05, 0.1) is 0 Å². The molecule has 0 aliphatic carbocycles. The quantitative estimate of drug-likeness (QED) is 0.838. The highest BCUT2D eigenvalue weighted by molar-refractivity contribution is 6.31. The van der Waals surface area contributed by atoms with E-state index in [1.54, 1.807) is 0 Å². The van der Waals surface area contributed by atoms with Crippen molar-refractivity contribution >= 4 is 11.6 Å². The summed E-state index contributed by atoms with van der Waals surface area (Å²) in [5.74, 6) is 1.59. The fourth-order valence-electron chi connectivity index (χ4n) is 2.20. The molecule has 1 aromatic rings. The van der Waals surface area contributed by atoms with Gasteiger partial charge < -0.3 is 14.8 Å². The van der Waals surface area contributed by atoms with Gasteiger partial charge in [0.15, 0.2) is 11.5 Å². The van der Waals surface area contributed by atoms with Crippen LogP contribution in [0.3, 0.4) is 0 Å². The van der Waals surface area contributed by atoms with E-state index >= 15 is 0 Å². The lowest BCUT2D eigenvalue weighted by Crippen LogP contribution is -2.36. The Labute approximate surface area is 126 Å². The summed E-state index contributed by atoms with van der Waals surface area (Å²) in [6.45, 7) is 8.80. The van der Waals surface area contributed by atoms with Crippen LogP contribution >= 0.6 is 11.6 Å². The Bertz CT molecular complexity index is 455. The van der Waals surface area contributed by atoms with Crippen LogP contribution in [-0.4, -0.2) is 25.3 Å². The molecule has 0 spiro atoms. The number of unbranched alkanes of at least 4 members (excludes halogenated alkanes) is 1. The highest BCUT2D eigenvalue weighted by Gasteiger charge is 2.15. The molecule has 112 valence electrons. The first kappa shape index (κ1) is 15.5. The first-order valence-electron chi connectivity index (χ1n) is 7.29. The number of aryl methyl sites for hydroxylation is 1. The average Bonchev–Trinajstić information content (AvgIpc) is 2.37. The van der Waals surface area contributed by atoms with Crippen LogP contribution in [0.15, 0.2) is 12.1 Å². The third-order valence-corrected chi connectivity index (χ3v) is 3.59. The van der Waals surface area contributed by atoms with E-state index in [-0.39, 0.29) is 5.54 Å². The zero-order chi connectivity index (χ0) is 14.6. The standard InChI is InChI=1S/C16H24ClNO2/c1-16(2,3)18-7-5-4-6-12-10-14-15(11-13(12)17)20-9-8-19-14/h10-11,18H,4-9H2,1-3H3. The van der Waals surface area contributed by atoms with E-state index in [1.165, 1.54) is 0 Å². The van der Waals surface area contributed by atoms with Crippen LogP contribution in [0, 0.1) is 0 Å². The number of nitrogens with one attached hydrogen (secondary N) is 1. The van der Waals surface area contributed by atoms with Gasteiger partial charge in [-0.15, -0.1) is 0 Å². The van der Waals surface area contributed by atoms with Crippen LogP contribution in [0.2, 0.25) is 5.02 Å². The van der Waals surface area contributed by atoms with Gasteiger partial charge in [-0.3, -0.25) is 0 Å². The Kier molecular flexibility index (Phi) is 5.17. The normalized spacial score (nSPS) is 14.4. The minimum atomic E-state index is 0.189. The van der Waals surface area contributed by atoms with Gasteiger partial charge in [0.25, 0.3) is 0 Å². The van der Waals surface area contributed by atoms with Crippen LogP contribution in [0.5, 0.6) is 11.5 Å².